The number of carbonyl (C=O) groups excluding carboxylic acids is 1. The first-order valence-corrected chi connectivity index (χ1v) is 8.16. The molecule has 0 atom stereocenters. The summed E-state index contributed by atoms with van der Waals surface area (Å²) < 4.78 is 22.3. The molecule has 118 valence electrons. The molecule has 0 aromatic heterocycles. The number of primary sulfonamides is 1. The predicted molar refractivity (Wildman–Crippen MR) is 83.1 cm³/mol. The van der Waals surface area contributed by atoms with Crippen molar-refractivity contribution in [1.29, 1.82) is 5.26 Å². The van der Waals surface area contributed by atoms with E-state index < -0.39 is 15.9 Å². The molecular formula is C14H18N4O3S. The topological polar surface area (TPSA) is 116 Å². The minimum Gasteiger partial charge on any atom is -0.377 e. The van der Waals surface area contributed by atoms with Crippen LogP contribution in [-0.2, 0) is 14.8 Å². The number of nitrogens with two attached hydrogens (primary N) is 1. The largest absolute Gasteiger partial charge is 0.377 e. The second-order valence-corrected chi connectivity index (χ2v) is 5.96. The Kier molecular flexibility index (Phi) is 6.10. The normalized spacial score (nSPS) is 11.6. The molecular weight excluding hydrogens is 304 g/mol. The minimum absolute atomic E-state index is 0.0285. The van der Waals surface area contributed by atoms with Gasteiger partial charge >= 0.3 is 0 Å². The highest BCUT2D eigenvalue weighted by Crippen LogP contribution is 2.13. The van der Waals surface area contributed by atoms with Crippen LogP contribution in [0.15, 0.2) is 40.9 Å². The highest BCUT2D eigenvalue weighted by atomic mass is 32.2. The summed E-state index contributed by atoms with van der Waals surface area (Å²) in [6.45, 7) is 5.19. The zero-order valence-electron chi connectivity index (χ0n) is 12.4. The van der Waals surface area contributed by atoms with Crippen molar-refractivity contribution in [2.24, 2.45) is 5.14 Å². The van der Waals surface area contributed by atoms with Crippen molar-refractivity contribution >= 4 is 21.6 Å². The molecule has 0 aliphatic rings. The van der Waals surface area contributed by atoms with Gasteiger partial charge in [-0.25, -0.2) is 13.6 Å². The summed E-state index contributed by atoms with van der Waals surface area (Å²) in [6.07, 6.45) is 1.49. The summed E-state index contributed by atoms with van der Waals surface area (Å²) in [6, 6.07) is 7.23. The number of nitrogens with zero attached hydrogens (tertiary/aromatic N) is 2. The van der Waals surface area contributed by atoms with Gasteiger partial charge < -0.3 is 10.2 Å². The third-order valence-corrected chi connectivity index (χ3v) is 3.86. The van der Waals surface area contributed by atoms with Gasteiger partial charge in [0.15, 0.2) is 0 Å². The molecule has 0 bridgehead atoms. The molecule has 0 fully saturated rings. The fourth-order valence-corrected chi connectivity index (χ4v) is 2.17. The van der Waals surface area contributed by atoms with E-state index in [1.54, 1.807) is 0 Å². The Hall–Kier alpha value is -2.37. The molecule has 0 saturated carbocycles. The van der Waals surface area contributed by atoms with E-state index in [0.29, 0.717) is 18.8 Å². The fourth-order valence-electron chi connectivity index (χ4n) is 1.65. The molecule has 3 N–H and O–H groups in total. The average Bonchev–Trinajstić information content (AvgIpc) is 2.48. The zero-order valence-corrected chi connectivity index (χ0v) is 13.2. The molecule has 0 radical (unpaired) electrons. The van der Waals surface area contributed by atoms with Crippen LogP contribution in [0.2, 0.25) is 0 Å². The monoisotopic (exact) mass is 322 g/mol. The van der Waals surface area contributed by atoms with Crippen LogP contribution in [0.1, 0.15) is 13.8 Å². The van der Waals surface area contributed by atoms with Gasteiger partial charge in [0.1, 0.15) is 11.6 Å². The molecule has 8 heteroatoms. The lowest BCUT2D eigenvalue weighted by Crippen LogP contribution is -2.20. The number of nitriles is 1. The number of hydrogen-bond donors (Lipinski definition) is 2. The van der Waals surface area contributed by atoms with Gasteiger partial charge in [-0.1, -0.05) is 0 Å². The van der Waals surface area contributed by atoms with E-state index >= 15 is 0 Å². The molecule has 0 aliphatic carbocycles. The third-order valence-electron chi connectivity index (χ3n) is 2.93. The Morgan fingerprint density at radius 1 is 1.32 bits per heavy atom. The maximum absolute atomic E-state index is 12.0. The molecule has 1 amide bonds. The van der Waals surface area contributed by atoms with Crippen LogP contribution in [0, 0.1) is 11.3 Å². The van der Waals surface area contributed by atoms with Gasteiger partial charge in [-0.2, -0.15) is 5.26 Å². The number of sulfonamides is 1. The van der Waals surface area contributed by atoms with E-state index in [2.05, 4.69) is 5.32 Å². The maximum atomic E-state index is 12.0. The smallest absolute Gasteiger partial charge is 0.267 e. The zero-order chi connectivity index (χ0) is 16.8. The van der Waals surface area contributed by atoms with Crippen LogP contribution in [0.5, 0.6) is 0 Å². The van der Waals surface area contributed by atoms with Crippen molar-refractivity contribution in [3.05, 3.63) is 36.0 Å². The number of amides is 1. The van der Waals surface area contributed by atoms with Gasteiger partial charge in [-0.15, -0.1) is 0 Å². The molecule has 0 unspecified atom stereocenters. The van der Waals surface area contributed by atoms with E-state index in [0.717, 1.165) is 0 Å². The third kappa shape index (κ3) is 4.87. The number of anilines is 1. The van der Waals surface area contributed by atoms with Crippen LogP contribution >= 0.6 is 0 Å². The first-order chi connectivity index (χ1) is 10.3. The van der Waals surface area contributed by atoms with Gasteiger partial charge in [0, 0.05) is 25.0 Å². The molecule has 7 nitrogen and oxygen atoms in total. The van der Waals surface area contributed by atoms with Crippen LogP contribution in [-0.4, -0.2) is 32.3 Å². The maximum Gasteiger partial charge on any atom is 0.267 e. The Morgan fingerprint density at radius 3 is 2.27 bits per heavy atom. The van der Waals surface area contributed by atoms with E-state index in [-0.39, 0.29) is 10.5 Å². The van der Waals surface area contributed by atoms with Gasteiger partial charge in [-0.05, 0) is 38.1 Å². The quantitative estimate of drug-likeness (QED) is 0.599. The first kappa shape index (κ1) is 17.7. The molecule has 1 aromatic carbocycles. The van der Waals surface area contributed by atoms with Gasteiger partial charge in [0.25, 0.3) is 5.91 Å². The molecule has 0 spiro atoms. The standard InChI is InChI=1S/C14H18N4O3S/c1-3-18(4-2)10-11(9-15)14(19)17-12-5-7-13(8-6-12)22(16,20)21/h5-8,10H,3-4H2,1-2H3,(H,17,19)(H2,16,20,21)/b11-10-. The van der Waals surface area contributed by atoms with Crippen molar-refractivity contribution < 1.29 is 13.2 Å². The second-order valence-electron chi connectivity index (χ2n) is 4.40. The summed E-state index contributed by atoms with van der Waals surface area (Å²) >= 11 is 0. The van der Waals surface area contributed by atoms with Crippen LogP contribution in [0.4, 0.5) is 5.69 Å². The molecule has 0 saturated heterocycles. The van der Waals surface area contributed by atoms with Crippen molar-refractivity contribution in [3.63, 3.8) is 0 Å². The summed E-state index contributed by atoms with van der Waals surface area (Å²) in [5, 5.41) is 16.6. The number of carbonyl (C=O) groups is 1. The van der Waals surface area contributed by atoms with Gasteiger partial charge in [0.2, 0.25) is 10.0 Å². The Bertz CT molecular complexity index is 699. The lowest BCUT2D eigenvalue weighted by Gasteiger charge is -2.15. The molecule has 0 heterocycles. The lowest BCUT2D eigenvalue weighted by atomic mass is 10.2. The molecule has 1 aromatic rings. The summed E-state index contributed by atoms with van der Waals surface area (Å²) in [5.41, 5.74) is 0.345. The van der Waals surface area contributed by atoms with E-state index in [1.807, 2.05) is 24.8 Å². The predicted octanol–water partition coefficient (Wildman–Crippen LogP) is 1.02. The van der Waals surface area contributed by atoms with E-state index in [1.165, 1.54) is 30.5 Å². The molecule has 0 aliphatic heterocycles. The lowest BCUT2D eigenvalue weighted by molar-refractivity contribution is -0.112. The summed E-state index contributed by atoms with van der Waals surface area (Å²) in [7, 11) is -3.77. The van der Waals surface area contributed by atoms with Crippen molar-refractivity contribution in [3.8, 4) is 6.07 Å². The van der Waals surface area contributed by atoms with Crippen LogP contribution < -0.4 is 10.5 Å². The molecule has 22 heavy (non-hydrogen) atoms. The van der Waals surface area contributed by atoms with E-state index in [4.69, 9.17) is 10.4 Å². The van der Waals surface area contributed by atoms with Gasteiger partial charge in [0.05, 0.1) is 4.90 Å². The second kappa shape index (κ2) is 7.59. The van der Waals surface area contributed by atoms with Crippen molar-refractivity contribution in [1.82, 2.24) is 4.90 Å². The van der Waals surface area contributed by atoms with Crippen LogP contribution in [0.25, 0.3) is 0 Å². The first-order valence-electron chi connectivity index (χ1n) is 6.62. The average molecular weight is 322 g/mol. The SMILES string of the molecule is CCN(/C=C(/C#N)C(=O)Nc1ccc(S(N)(=O)=O)cc1)CC. The number of rotatable bonds is 6. The van der Waals surface area contributed by atoms with Crippen LogP contribution in [0.3, 0.4) is 0 Å². The Balaban J connectivity index is 2.90. The number of nitrogens with one attached hydrogen (secondary N) is 1. The Morgan fingerprint density at radius 2 is 1.86 bits per heavy atom. The summed E-state index contributed by atoms with van der Waals surface area (Å²) in [5.74, 6) is -0.558. The minimum atomic E-state index is -3.77. The highest BCUT2D eigenvalue weighted by molar-refractivity contribution is 7.89. The molecule has 1 rings (SSSR count). The van der Waals surface area contributed by atoms with Gasteiger partial charge in [-0.3, -0.25) is 4.79 Å². The number of hydrogen-bond acceptors (Lipinski definition) is 5. The van der Waals surface area contributed by atoms with E-state index in [9.17, 15) is 13.2 Å². The highest BCUT2D eigenvalue weighted by Gasteiger charge is 2.12. The van der Waals surface area contributed by atoms with Crippen molar-refractivity contribution in [2.45, 2.75) is 18.7 Å². The number of benzene rings is 1. The fraction of sp³-hybridized carbons (Fsp3) is 0.286. The summed E-state index contributed by atoms with van der Waals surface area (Å²) in [4.78, 5) is 13.8. The van der Waals surface area contributed by atoms with Crippen molar-refractivity contribution in [2.75, 3.05) is 18.4 Å². The Labute approximate surface area is 130 Å².